The van der Waals surface area contributed by atoms with Crippen molar-refractivity contribution in [2.45, 2.75) is 0 Å². The summed E-state index contributed by atoms with van der Waals surface area (Å²) < 4.78 is 2.89. The average molecular weight is 383 g/mol. The maximum absolute atomic E-state index is 10.5. The number of rotatable bonds is 2. The summed E-state index contributed by atoms with van der Waals surface area (Å²) >= 11 is 3.41. The van der Waals surface area contributed by atoms with Crippen LogP contribution in [0.2, 0.25) is 0 Å². The van der Waals surface area contributed by atoms with Crippen LogP contribution in [0.1, 0.15) is 5.82 Å². The molecule has 0 saturated heterocycles. The first-order chi connectivity index (χ1) is 11.6. The van der Waals surface area contributed by atoms with E-state index in [2.05, 4.69) is 20.9 Å². The molecule has 1 aliphatic rings. The smallest absolute Gasteiger partial charge is 0.148 e. The van der Waals surface area contributed by atoms with Crippen molar-refractivity contribution in [1.82, 2.24) is 9.55 Å². The van der Waals surface area contributed by atoms with E-state index in [9.17, 15) is 5.11 Å². The second-order valence-electron chi connectivity index (χ2n) is 5.72. The third kappa shape index (κ3) is 2.22. The van der Waals surface area contributed by atoms with Crippen molar-refractivity contribution in [3.05, 3.63) is 64.6 Å². The molecule has 6 heteroatoms. The third-order valence-corrected chi connectivity index (χ3v) is 4.78. The predicted molar refractivity (Wildman–Crippen MR) is 99.5 cm³/mol. The lowest BCUT2D eigenvalue weighted by Crippen LogP contribution is -2.26. The number of anilines is 1. The number of halogens is 1. The largest absolute Gasteiger partial charge is 0.509 e. The number of amidine groups is 1. The van der Waals surface area contributed by atoms with Crippen LogP contribution >= 0.6 is 15.9 Å². The summed E-state index contributed by atoms with van der Waals surface area (Å²) in [7, 11) is 1.90. The second kappa shape index (κ2) is 5.49. The first kappa shape index (κ1) is 15.0. The standard InChI is InChI=1S/C18H15BrN4O/c1-22-14-5-3-2-4-13(14)21-18(22)16-15(24)10-23(17(16)20)12-8-6-11(19)7-9-12/h2-9,20,24H,10H2,1H3. The van der Waals surface area contributed by atoms with Gasteiger partial charge < -0.3 is 14.6 Å². The van der Waals surface area contributed by atoms with Crippen LogP contribution in [0.5, 0.6) is 0 Å². The Morgan fingerprint density at radius 3 is 2.54 bits per heavy atom. The zero-order chi connectivity index (χ0) is 16.8. The molecular weight excluding hydrogens is 368 g/mol. The maximum Gasteiger partial charge on any atom is 0.148 e. The molecule has 0 spiro atoms. The van der Waals surface area contributed by atoms with E-state index in [1.807, 2.05) is 60.1 Å². The lowest BCUT2D eigenvalue weighted by Gasteiger charge is -2.18. The van der Waals surface area contributed by atoms with Gasteiger partial charge in [0.05, 0.1) is 23.2 Å². The number of imidazole rings is 1. The minimum absolute atomic E-state index is 0.168. The number of aromatic nitrogens is 2. The van der Waals surface area contributed by atoms with Crippen LogP contribution in [0, 0.1) is 5.41 Å². The summed E-state index contributed by atoms with van der Waals surface area (Å²) in [6.45, 7) is 0.277. The van der Waals surface area contributed by atoms with Gasteiger partial charge in [0.25, 0.3) is 0 Å². The number of para-hydroxylation sites is 2. The Hall–Kier alpha value is -2.60. The molecular formula is C18H15BrN4O. The van der Waals surface area contributed by atoms with E-state index in [-0.39, 0.29) is 18.1 Å². The number of aliphatic hydroxyl groups excluding tert-OH is 1. The van der Waals surface area contributed by atoms with Crippen LogP contribution in [0.3, 0.4) is 0 Å². The van der Waals surface area contributed by atoms with Crippen LogP contribution in [0.25, 0.3) is 16.6 Å². The van der Waals surface area contributed by atoms with Crippen molar-refractivity contribution >= 4 is 44.1 Å². The molecule has 5 nitrogen and oxygen atoms in total. The molecule has 0 fully saturated rings. The molecule has 1 aliphatic heterocycles. The fourth-order valence-electron chi connectivity index (χ4n) is 3.03. The molecule has 3 aromatic rings. The zero-order valence-corrected chi connectivity index (χ0v) is 14.6. The lowest BCUT2D eigenvalue weighted by molar-refractivity contribution is 0.411. The van der Waals surface area contributed by atoms with Crippen molar-refractivity contribution in [3.63, 3.8) is 0 Å². The predicted octanol–water partition coefficient (Wildman–Crippen LogP) is 4.10. The summed E-state index contributed by atoms with van der Waals surface area (Å²) in [6, 6.07) is 15.5. The van der Waals surface area contributed by atoms with Gasteiger partial charge in [0.2, 0.25) is 0 Å². The van der Waals surface area contributed by atoms with Gasteiger partial charge in [0.1, 0.15) is 17.4 Å². The van der Waals surface area contributed by atoms with Crippen molar-refractivity contribution in [1.29, 1.82) is 5.41 Å². The topological polar surface area (TPSA) is 65.1 Å². The molecule has 0 aliphatic carbocycles. The Morgan fingerprint density at radius 2 is 1.83 bits per heavy atom. The van der Waals surface area contributed by atoms with Crippen LogP contribution in [0.4, 0.5) is 5.69 Å². The highest BCUT2D eigenvalue weighted by molar-refractivity contribution is 9.10. The summed E-state index contributed by atoms with van der Waals surface area (Å²) in [4.78, 5) is 6.38. The fourth-order valence-corrected chi connectivity index (χ4v) is 3.29. The Bertz CT molecular complexity index is 988. The SMILES string of the molecule is Cn1c(C2=C(O)CN(c3ccc(Br)cc3)C2=N)nc2ccccc21. The van der Waals surface area contributed by atoms with Gasteiger partial charge in [-0.25, -0.2) is 4.98 Å². The van der Waals surface area contributed by atoms with Gasteiger partial charge in [-0.1, -0.05) is 28.1 Å². The number of nitrogens with one attached hydrogen (secondary N) is 1. The Balaban J connectivity index is 1.77. The van der Waals surface area contributed by atoms with Gasteiger partial charge in [-0.2, -0.15) is 0 Å². The average Bonchev–Trinajstić information content (AvgIpc) is 3.05. The molecule has 2 N–H and O–H groups in total. The maximum atomic E-state index is 10.5. The molecule has 24 heavy (non-hydrogen) atoms. The number of hydrogen-bond acceptors (Lipinski definition) is 3. The van der Waals surface area contributed by atoms with Gasteiger partial charge in [-0.3, -0.25) is 5.41 Å². The first-order valence-corrected chi connectivity index (χ1v) is 8.31. The third-order valence-electron chi connectivity index (χ3n) is 4.25. The van der Waals surface area contributed by atoms with E-state index in [0.717, 1.165) is 21.2 Å². The van der Waals surface area contributed by atoms with E-state index in [1.54, 1.807) is 4.90 Å². The van der Waals surface area contributed by atoms with E-state index >= 15 is 0 Å². The fraction of sp³-hybridized carbons (Fsp3) is 0.111. The lowest BCUT2D eigenvalue weighted by atomic mass is 10.2. The van der Waals surface area contributed by atoms with Crippen LogP contribution < -0.4 is 4.90 Å². The number of hydrogen-bond donors (Lipinski definition) is 2. The highest BCUT2D eigenvalue weighted by Crippen LogP contribution is 2.32. The number of nitrogens with zero attached hydrogens (tertiary/aromatic N) is 3. The van der Waals surface area contributed by atoms with Crippen LogP contribution in [0.15, 0.2) is 58.8 Å². The number of aryl methyl sites for hydroxylation is 1. The Kier molecular flexibility index (Phi) is 3.42. The van der Waals surface area contributed by atoms with Crippen molar-refractivity contribution in [3.8, 4) is 0 Å². The zero-order valence-electron chi connectivity index (χ0n) is 13.0. The normalized spacial score (nSPS) is 14.9. The molecule has 2 heterocycles. The number of fused-ring (bicyclic) bond motifs is 1. The first-order valence-electron chi connectivity index (χ1n) is 7.52. The Morgan fingerprint density at radius 1 is 1.12 bits per heavy atom. The second-order valence-corrected chi connectivity index (χ2v) is 6.63. The molecule has 1 aromatic heterocycles. The van der Waals surface area contributed by atoms with Crippen molar-refractivity contribution in [2.75, 3.05) is 11.4 Å². The quantitative estimate of drug-likeness (QED) is 0.700. The number of benzene rings is 2. The van der Waals surface area contributed by atoms with Gasteiger partial charge >= 0.3 is 0 Å². The summed E-state index contributed by atoms with van der Waals surface area (Å²) in [5, 5.41) is 19.0. The minimum atomic E-state index is 0.168. The molecule has 0 unspecified atom stereocenters. The van der Waals surface area contributed by atoms with E-state index in [4.69, 9.17) is 5.41 Å². The van der Waals surface area contributed by atoms with Crippen molar-refractivity contribution < 1.29 is 5.11 Å². The van der Waals surface area contributed by atoms with E-state index in [1.165, 1.54) is 0 Å². The summed E-state index contributed by atoms with van der Waals surface area (Å²) in [5.74, 6) is 1.04. The monoisotopic (exact) mass is 382 g/mol. The van der Waals surface area contributed by atoms with Gasteiger partial charge in [0.15, 0.2) is 0 Å². The van der Waals surface area contributed by atoms with Gasteiger partial charge in [0, 0.05) is 17.2 Å². The van der Waals surface area contributed by atoms with Crippen molar-refractivity contribution in [2.24, 2.45) is 7.05 Å². The molecule has 120 valence electrons. The van der Waals surface area contributed by atoms with Gasteiger partial charge in [-0.05, 0) is 36.4 Å². The molecule has 0 radical (unpaired) electrons. The summed E-state index contributed by atoms with van der Waals surface area (Å²) in [5.41, 5.74) is 3.17. The van der Waals surface area contributed by atoms with Crippen LogP contribution in [-0.2, 0) is 7.05 Å². The molecule has 4 rings (SSSR count). The van der Waals surface area contributed by atoms with E-state index < -0.39 is 0 Å². The molecule has 2 aromatic carbocycles. The molecule has 0 amide bonds. The summed E-state index contributed by atoms with van der Waals surface area (Å²) in [6.07, 6.45) is 0. The molecule has 0 saturated carbocycles. The minimum Gasteiger partial charge on any atom is -0.509 e. The van der Waals surface area contributed by atoms with Crippen LogP contribution in [-0.4, -0.2) is 27.0 Å². The highest BCUT2D eigenvalue weighted by Gasteiger charge is 2.32. The van der Waals surface area contributed by atoms with E-state index in [0.29, 0.717) is 11.4 Å². The van der Waals surface area contributed by atoms with Gasteiger partial charge in [-0.15, -0.1) is 0 Å². The molecule has 0 bridgehead atoms. The molecule has 0 atom stereocenters. The number of aliphatic hydroxyl groups is 1. The highest BCUT2D eigenvalue weighted by atomic mass is 79.9. The Labute approximate surface area is 147 Å².